The molecule has 0 saturated heterocycles. The zero-order chi connectivity index (χ0) is 12.0. The highest BCUT2D eigenvalue weighted by molar-refractivity contribution is 5.83. The van der Waals surface area contributed by atoms with Crippen molar-refractivity contribution in [1.29, 1.82) is 0 Å². The molecule has 92 valence electrons. The SMILES string of the molecule is CCCC[C@H](NC(=O)CCC1CC1)C(=O)O. The Balaban J connectivity index is 2.22. The Morgan fingerprint density at radius 3 is 2.62 bits per heavy atom. The average molecular weight is 227 g/mol. The van der Waals surface area contributed by atoms with Crippen molar-refractivity contribution in [2.24, 2.45) is 5.92 Å². The van der Waals surface area contributed by atoms with E-state index in [0.717, 1.165) is 19.3 Å². The van der Waals surface area contributed by atoms with Gasteiger partial charge in [-0.25, -0.2) is 4.79 Å². The van der Waals surface area contributed by atoms with E-state index in [0.29, 0.717) is 18.8 Å². The Morgan fingerprint density at radius 2 is 2.12 bits per heavy atom. The molecule has 0 aromatic rings. The molecule has 1 atom stereocenters. The zero-order valence-corrected chi connectivity index (χ0v) is 9.87. The molecule has 0 heterocycles. The first kappa shape index (κ1) is 13.0. The summed E-state index contributed by atoms with van der Waals surface area (Å²) in [5.41, 5.74) is 0. The summed E-state index contributed by atoms with van der Waals surface area (Å²) in [6.07, 6.45) is 6.14. The molecule has 4 heteroatoms. The van der Waals surface area contributed by atoms with Gasteiger partial charge < -0.3 is 10.4 Å². The molecule has 0 aromatic heterocycles. The molecule has 16 heavy (non-hydrogen) atoms. The molecule has 4 nitrogen and oxygen atoms in total. The Morgan fingerprint density at radius 1 is 1.44 bits per heavy atom. The topological polar surface area (TPSA) is 66.4 Å². The summed E-state index contributed by atoms with van der Waals surface area (Å²) < 4.78 is 0. The molecule has 0 radical (unpaired) electrons. The second kappa shape index (κ2) is 6.51. The monoisotopic (exact) mass is 227 g/mol. The maximum absolute atomic E-state index is 11.5. The summed E-state index contributed by atoms with van der Waals surface area (Å²) in [5.74, 6) is -0.326. The number of hydrogen-bond acceptors (Lipinski definition) is 2. The lowest BCUT2D eigenvalue weighted by atomic mass is 10.1. The predicted molar refractivity (Wildman–Crippen MR) is 61.0 cm³/mol. The zero-order valence-electron chi connectivity index (χ0n) is 9.87. The van der Waals surface area contributed by atoms with Crippen LogP contribution in [-0.2, 0) is 9.59 Å². The third-order valence-electron chi connectivity index (χ3n) is 2.96. The van der Waals surface area contributed by atoms with Crippen molar-refractivity contribution >= 4 is 11.9 Å². The molecule has 0 aromatic carbocycles. The molecular formula is C12H21NO3. The van der Waals surface area contributed by atoms with Crippen molar-refractivity contribution in [3.8, 4) is 0 Å². The lowest BCUT2D eigenvalue weighted by Crippen LogP contribution is -2.40. The molecule has 0 bridgehead atoms. The molecule has 0 spiro atoms. The van der Waals surface area contributed by atoms with Crippen LogP contribution in [0.15, 0.2) is 0 Å². The van der Waals surface area contributed by atoms with Crippen LogP contribution in [-0.4, -0.2) is 23.0 Å². The number of carbonyl (C=O) groups is 2. The van der Waals surface area contributed by atoms with Gasteiger partial charge in [-0.05, 0) is 18.8 Å². The van der Waals surface area contributed by atoms with Crippen molar-refractivity contribution in [2.45, 2.75) is 57.9 Å². The number of nitrogens with one attached hydrogen (secondary N) is 1. The highest BCUT2D eigenvalue weighted by Crippen LogP contribution is 2.33. The fourth-order valence-electron chi connectivity index (χ4n) is 1.67. The molecule has 1 saturated carbocycles. The van der Waals surface area contributed by atoms with Crippen LogP contribution in [0.5, 0.6) is 0 Å². The molecule has 1 fully saturated rings. The highest BCUT2D eigenvalue weighted by atomic mass is 16.4. The molecular weight excluding hydrogens is 206 g/mol. The number of carboxylic acid groups (broad SMARTS) is 1. The van der Waals surface area contributed by atoms with Gasteiger partial charge in [0.2, 0.25) is 5.91 Å². The number of amides is 1. The van der Waals surface area contributed by atoms with E-state index in [1.807, 2.05) is 6.92 Å². The van der Waals surface area contributed by atoms with Crippen LogP contribution >= 0.6 is 0 Å². The van der Waals surface area contributed by atoms with Crippen LogP contribution in [0.1, 0.15) is 51.9 Å². The first-order valence-corrected chi connectivity index (χ1v) is 6.15. The van der Waals surface area contributed by atoms with Crippen LogP contribution in [0.4, 0.5) is 0 Å². The Kier molecular flexibility index (Phi) is 5.29. The number of aliphatic carboxylic acids is 1. The molecule has 1 rings (SSSR count). The van der Waals surface area contributed by atoms with E-state index >= 15 is 0 Å². The van der Waals surface area contributed by atoms with E-state index in [2.05, 4.69) is 5.32 Å². The van der Waals surface area contributed by atoms with E-state index in [1.165, 1.54) is 12.8 Å². The third-order valence-corrected chi connectivity index (χ3v) is 2.96. The second-order valence-electron chi connectivity index (χ2n) is 4.58. The molecule has 1 aliphatic carbocycles. The smallest absolute Gasteiger partial charge is 0.326 e. The molecule has 0 aliphatic heterocycles. The molecule has 2 N–H and O–H groups in total. The Labute approximate surface area is 96.4 Å². The van der Waals surface area contributed by atoms with Crippen LogP contribution < -0.4 is 5.32 Å². The van der Waals surface area contributed by atoms with Crippen molar-refractivity contribution < 1.29 is 14.7 Å². The van der Waals surface area contributed by atoms with Crippen LogP contribution in [0.3, 0.4) is 0 Å². The summed E-state index contributed by atoms with van der Waals surface area (Å²) >= 11 is 0. The fraction of sp³-hybridized carbons (Fsp3) is 0.833. The van der Waals surface area contributed by atoms with Crippen molar-refractivity contribution in [3.63, 3.8) is 0 Å². The first-order valence-electron chi connectivity index (χ1n) is 6.15. The normalized spacial score (nSPS) is 16.8. The number of unbranched alkanes of at least 4 members (excludes halogenated alkanes) is 1. The molecule has 0 unspecified atom stereocenters. The van der Waals surface area contributed by atoms with Crippen molar-refractivity contribution in [1.82, 2.24) is 5.32 Å². The Hall–Kier alpha value is -1.06. The van der Waals surface area contributed by atoms with Gasteiger partial charge in [0.25, 0.3) is 0 Å². The maximum atomic E-state index is 11.5. The summed E-state index contributed by atoms with van der Waals surface area (Å²) in [4.78, 5) is 22.4. The summed E-state index contributed by atoms with van der Waals surface area (Å²) in [7, 11) is 0. The summed E-state index contributed by atoms with van der Waals surface area (Å²) in [6.45, 7) is 2.01. The van der Waals surface area contributed by atoms with E-state index in [1.54, 1.807) is 0 Å². The van der Waals surface area contributed by atoms with Crippen LogP contribution in [0.2, 0.25) is 0 Å². The van der Waals surface area contributed by atoms with E-state index < -0.39 is 12.0 Å². The first-order chi connectivity index (χ1) is 7.63. The fourth-order valence-corrected chi connectivity index (χ4v) is 1.67. The summed E-state index contributed by atoms with van der Waals surface area (Å²) in [5, 5.41) is 11.5. The number of hydrogen-bond donors (Lipinski definition) is 2. The minimum Gasteiger partial charge on any atom is -0.480 e. The van der Waals surface area contributed by atoms with Gasteiger partial charge in [0.15, 0.2) is 0 Å². The minimum absolute atomic E-state index is 0.115. The highest BCUT2D eigenvalue weighted by Gasteiger charge is 2.23. The van der Waals surface area contributed by atoms with Gasteiger partial charge in [-0.3, -0.25) is 4.79 Å². The summed E-state index contributed by atoms with van der Waals surface area (Å²) in [6, 6.07) is -0.702. The van der Waals surface area contributed by atoms with Gasteiger partial charge in [0.05, 0.1) is 0 Å². The van der Waals surface area contributed by atoms with Gasteiger partial charge >= 0.3 is 5.97 Å². The van der Waals surface area contributed by atoms with E-state index in [9.17, 15) is 9.59 Å². The largest absolute Gasteiger partial charge is 0.480 e. The number of carbonyl (C=O) groups excluding carboxylic acids is 1. The molecule has 1 amide bonds. The second-order valence-corrected chi connectivity index (χ2v) is 4.58. The molecule has 1 aliphatic rings. The van der Waals surface area contributed by atoms with Gasteiger partial charge in [0.1, 0.15) is 6.04 Å². The van der Waals surface area contributed by atoms with Crippen molar-refractivity contribution in [2.75, 3.05) is 0 Å². The minimum atomic E-state index is -0.923. The van der Waals surface area contributed by atoms with Crippen LogP contribution in [0.25, 0.3) is 0 Å². The average Bonchev–Trinajstić information content (AvgIpc) is 3.04. The lowest BCUT2D eigenvalue weighted by Gasteiger charge is -2.13. The van der Waals surface area contributed by atoms with Crippen molar-refractivity contribution in [3.05, 3.63) is 0 Å². The van der Waals surface area contributed by atoms with Gasteiger partial charge in [-0.1, -0.05) is 32.6 Å². The number of rotatable bonds is 8. The lowest BCUT2D eigenvalue weighted by molar-refractivity contribution is -0.142. The predicted octanol–water partition coefficient (Wildman–Crippen LogP) is 1.94. The van der Waals surface area contributed by atoms with Gasteiger partial charge in [-0.15, -0.1) is 0 Å². The maximum Gasteiger partial charge on any atom is 0.326 e. The quantitative estimate of drug-likeness (QED) is 0.666. The third kappa shape index (κ3) is 5.14. The number of carboxylic acids is 1. The van der Waals surface area contributed by atoms with Gasteiger partial charge in [-0.2, -0.15) is 0 Å². The van der Waals surface area contributed by atoms with Gasteiger partial charge in [0, 0.05) is 6.42 Å². The Bertz CT molecular complexity index is 249. The van der Waals surface area contributed by atoms with E-state index in [-0.39, 0.29) is 5.91 Å². The van der Waals surface area contributed by atoms with E-state index in [4.69, 9.17) is 5.11 Å². The van der Waals surface area contributed by atoms with Crippen LogP contribution in [0, 0.1) is 5.92 Å². The standard InChI is InChI=1S/C12H21NO3/c1-2-3-4-10(12(15)16)13-11(14)8-7-9-5-6-9/h9-10H,2-8H2,1H3,(H,13,14)(H,15,16)/t10-/m0/s1.